The van der Waals surface area contributed by atoms with Crippen LogP contribution in [0.15, 0.2) is 4.99 Å². The number of aliphatic imine (C=N–C) groups is 1. The molecule has 0 fully saturated rings. The molecule has 0 aliphatic heterocycles. The van der Waals surface area contributed by atoms with Crippen LogP contribution in [0, 0.1) is 5.41 Å². The average Bonchev–Trinajstić information content (AvgIpc) is 2.03. The number of unbranched alkanes of at least 4 members (excludes halogenated alkanes) is 1. The first-order chi connectivity index (χ1) is 5.58. The van der Waals surface area contributed by atoms with Crippen LogP contribution in [-0.4, -0.2) is 20.1 Å². The number of methoxy groups -OCH3 is 1. The van der Waals surface area contributed by atoms with E-state index < -0.39 is 0 Å². The van der Waals surface area contributed by atoms with Crippen LogP contribution in [0.1, 0.15) is 40.0 Å². The highest BCUT2D eigenvalue weighted by molar-refractivity contribution is 5.81. The molecule has 0 aromatic rings. The minimum atomic E-state index is 0.0967. The fourth-order valence-electron chi connectivity index (χ4n) is 1.40. The van der Waals surface area contributed by atoms with Crippen molar-refractivity contribution < 1.29 is 4.74 Å². The molecule has 0 saturated carbocycles. The van der Waals surface area contributed by atoms with Crippen molar-refractivity contribution in [2.24, 2.45) is 10.4 Å². The maximum atomic E-state index is 5.21. The summed E-state index contributed by atoms with van der Waals surface area (Å²) in [7, 11) is 3.47. The van der Waals surface area contributed by atoms with E-state index in [0.29, 0.717) is 0 Å². The van der Waals surface area contributed by atoms with Gasteiger partial charge < -0.3 is 4.74 Å². The Morgan fingerprint density at radius 2 is 2.00 bits per heavy atom. The van der Waals surface area contributed by atoms with Crippen LogP contribution in [-0.2, 0) is 4.74 Å². The summed E-state index contributed by atoms with van der Waals surface area (Å²) in [6, 6.07) is 0. The first-order valence-corrected chi connectivity index (χ1v) is 4.59. The highest BCUT2D eigenvalue weighted by Gasteiger charge is 2.24. The van der Waals surface area contributed by atoms with Crippen molar-refractivity contribution in [1.82, 2.24) is 0 Å². The van der Waals surface area contributed by atoms with Crippen LogP contribution in [0.4, 0.5) is 0 Å². The maximum Gasteiger partial charge on any atom is 0.188 e. The summed E-state index contributed by atoms with van der Waals surface area (Å²) in [6.45, 7) is 6.55. The smallest absolute Gasteiger partial charge is 0.188 e. The Labute approximate surface area is 76.0 Å². The molecule has 0 amide bonds. The average molecular weight is 171 g/mol. The molecule has 0 rings (SSSR count). The molecule has 0 N–H and O–H groups in total. The van der Waals surface area contributed by atoms with E-state index in [1.54, 1.807) is 14.2 Å². The van der Waals surface area contributed by atoms with Crippen LogP contribution in [0.2, 0.25) is 0 Å². The second-order valence-electron chi connectivity index (χ2n) is 3.72. The molecule has 0 aromatic carbocycles. The molecule has 2 heteroatoms. The largest absolute Gasteiger partial charge is 0.484 e. The van der Waals surface area contributed by atoms with Gasteiger partial charge in [0.05, 0.1) is 7.11 Å². The molecule has 2 nitrogen and oxygen atoms in total. The lowest BCUT2D eigenvalue weighted by Gasteiger charge is -2.24. The lowest BCUT2D eigenvalue weighted by Crippen LogP contribution is -2.25. The fourth-order valence-corrected chi connectivity index (χ4v) is 1.40. The van der Waals surface area contributed by atoms with Crippen molar-refractivity contribution >= 4 is 5.90 Å². The number of hydrogen-bond acceptors (Lipinski definition) is 2. The molecule has 0 aromatic heterocycles. The first-order valence-electron chi connectivity index (χ1n) is 4.59. The van der Waals surface area contributed by atoms with Gasteiger partial charge in [0.2, 0.25) is 0 Å². The SMILES string of the molecule is CCCCC(C)(C)C(=NC)OC. The van der Waals surface area contributed by atoms with E-state index in [4.69, 9.17) is 4.74 Å². The van der Waals surface area contributed by atoms with E-state index in [1.165, 1.54) is 12.8 Å². The third-order valence-corrected chi connectivity index (χ3v) is 2.13. The molecule has 0 spiro atoms. The summed E-state index contributed by atoms with van der Waals surface area (Å²) in [6.07, 6.45) is 3.60. The van der Waals surface area contributed by atoms with Gasteiger partial charge in [-0.15, -0.1) is 0 Å². The Balaban J connectivity index is 4.16. The minimum Gasteiger partial charge on any atom is -0.484 e. The van der Waals surface area contributed by atoms with Gasteiger partial charge in [-0.1, -0.05) is 33.6 Å². The van der Waals surface area contributed by atoms with Gasteiger partial charge in [0.15, 0.2) is 5.90 Å². The second-order valence-corrected chi connectivity index (χ2v) is 3.72. The summed E-state index contributed by atoms with van der Waals surface area (Å²) in [5.41, 5.74) is 0.0967. The van der Waals surface area contributed by atoms with Crippen LogP contribution >= 0.6 is 0 Å². The summed E-state index contributed by atoms with van der Waals surface area (Å²) < 4.78 is 5.21. The Hall–Kier alpha value is -0.530. The summed E-state index contributed by atoms with van der Waals surface area (Å²) in [5.74, 6) is 0.857. The molecule has 0 radical (unpaired) electrons. The van der Waals surface area contributed by atoms with E-state index in [2.05, 4.69) is 25.8 Å². The van der Waals surface area contributed by atoms with Gasteiger partial charge in [0.25, 0.3) is 0 Å². The van der Waals surface area contributed by atoms with Crippen molar-refractivity contribution in [3.8, 4) is 0 Å². The maximum absolute atomic E-state index is 5.21. The van der Waals surface area contributed by atoms with E-state index in [9.17, 15) is 0 Å². The lowest BCUT2D eigenvalue weighted by atomic mass is 9.87. The summed E-state index contributed by atoms with van der Waals surface area (Å²) >= 11 is 0. The molecule has 0 heterocycles. The van der Waals surface area contributed by atoms with Gasteiger partial charge >= 0.3 is 0 Å². The van der Waals surface area contributed by atoms with Gasteiger partial charge in [-0.2, -0.15) is 0 Å². The molecular weight excluding hydrogens is 150 g/mol. The third-order valence-electron chi connectivity index (χ3n) is 2.13. The van der Waals surface area contributed by atoms with Crippen LogP contribution < -0.4 is 0 Å². The minimum absolute atomic E-state index is 0.0967. The van der Waals surface area contributed by atoms with Gasteiger partial charge in [-0.3, -0.25) is 4.99 Å². The number of ether oxygens (including phenoxy) is 1. The van der Waals surface area contributed by atoms with Crippen LogP contribution in [0.3, 0.4) is 0 Å². The van der Waals surface area contributed by atoms with Crippen molar-refractivity contribution in [2.45, 2.75) is 40.0 Å². The van der Waals surface area contributed by atoms with Gasteiger partial charge in [-0.25, -0.2) is 0 Å². The standard InChI is InChI=1S/C10H21NO/c1-6-7-8-10(2,3)9(11-4)12-5/h6-8H2,1-5H3. The molecule has 0 aliphatic rings. The Morgan fingerprint density at radius 1 is 1.42 bits per heavy atom. The van der Waals surface area contributed by atoms with Crippen LogP contribution in [0.25, 0.3) is 0 Å². The van der Waals surface area contributed by atoms with Crippen molar-refractivity contribution in [2.75, 3.05) is 14.2 Å². The fraction of sp³-hybridized carbons (Fsp3) is 0.900. The highest BCUT2D eigenvalue weighted by atomic mass is 16.5. The Morgan fingerprint density at radius 3 is 2.33 bits per heavy atom. The summed E-state index contributed by atoms with van der Waals surface area (Å²) in [4.78, 5) is 4.13. The molecule has 72 valence electrons. The Kier molecular flexibility index (Phi) is 4.95. The molecule has 0 saturated heterocycles. The molecule has 0 bridgehead atoms. The zero-order valence-electron chi connectivity index (χ0n) is 8.98. The van der Waals surface area contributed by atoms with Crippen molar-refractivity contribution in [3.05, 3.63) is 0 Å². The highest BCUT2D eigenvalue weighted by Crippen LogP contribution is 2.25. The normalized spacial score (nSPS) is 13.2. The predicted molar refractivity (Wildman–Crippen MR) is 53.7 cm³/mol. The van der Waals surface area contributed by atoms with Gasteiger partial charge in [0, 0.05) is 12.5 Å². The molecule has 0 aliphatic carbocycles. The molecule has 12 heavy (non-hydrogen) atoms. The van der Waals surface area contributed by atoms with Gasteiger partial charge in [0.1, 0.15) is 0 Å². The predicted octanol–water partition coefficient (Wildman–Crippen LogP) is 2.88. The zero-order chi connectivity index (χ0) is 9.61. The summed E-state index contributed by atoms with van der Waals surface area (Å²) in [5, 5.41) is 0. The zero-order valence-corrected chi connectivity index (χ0v) is 8.98. The van der Waals surface area contributed by atoms with Gasteiger partial charge in [-0.05, 0) is 6.42 Å². The quantitative estimate of drug-likeness (QED) is 0.471. The molecule has 0 atom stereocenters. The Bertz CT molecular complexity index is 150. The number of hydrogen-bond donors (Lipinski definition) is 0. The third kappa shape index (κ3) is 3.24. The lowest BCUT2D eigenvalue weighted by molar-refractivity contribution is 0.307. The molecular formula is C10H21NO. The first kappa shape index (κ1) is 11.5. The number of rotatable bonds is 4. The van der Waals surface area contributed by atoms with Crippen molar-refractivity contribution in [3.63, 3.8) is 0 Å². The van der Waals surface area contributed by atoms with Crippen LogP contribution in [0.5, 0.6) is 0 Å². The number of nitrogens with zero attached hydrogens (tertiary/aromatic N) is 1. The van der Waals surface area contributed by atoms with Crippen molar-refractivity contribution in [1.29, 1.82) is 0 Å². The van der Waals surface area contributed by atoms with E-state index in [-0.39, 0.29) is 5.41 Å². The topological polar surface area (TPSA) is 21.6 Å². The monoisotopic (exact) mass is 171 g/mol. The van der Waals surface area contributed by atoms with E-state index >= 15 is 0 Å². The molecule has 0 unspecified atom stereocenters. The second kappa shape index (κ2) is 5.18. The van der Waals surface area contributed by atoms with E-state index in [0.717, 1.165) is 12.3 Å². The van der Waals surface area contributed by atoms with E-state index in [1.807, 2.05) is 0 Å².